The zero-order valence-electron chi connectivity index (χ0n) is 13.6. The number of nitrogens with zero attached hydrogens (tertiary/aromatic N) is 1. The van der Waals surface area contributed by atoms with Crippen LogP contribution in [0.3, 0.4) is 0 Å². The smallest absolute Gasteiger partial charge is 0.223 e. The van der Waals surface area contributed by atoms with Gasteiger partial charge in [-0.2, -0.15) is 0 Å². The molecule has 0 saturated carbocycles. The van der Waals surface area contributed by atoms with E-state index in [9.17, 15) is 9.59 Å². The van der Waals surface area contributed by atoms with E-state index in [1.807, 2.05) is 11.0 Å². The quantitative estimate of drug-likeness (QED) is 0.926. The van der Waals surface area contributed by atoms with E-state index in [1.165, 1.54) is 11.1 Å². The number of amides is 2. The highest BCUT2D eigenvalue weighted by molar-refractivity contribution is 5.80. The van der Waals surface area contributed by atoms with Gasteiger partial charge in [0, 0.05) is 32.5 Å². The molecule has 1 saturated heterocycles. The van der Waals surface area contributed by atoms with Crippen LogP contribution in [0.2, 0.25) is 0 Å². The van der Waals surface area contributed by atoms with Crippen molar-refractivity contribution >= 4 is 11.8 Å². The van der Waals surface area contributed by atoms with Crippen LogP contribution < -0.4 is 10.1 Å². The molecule has 0 unspecified atom stereocenters. The second-order valence-corrected chi connectivity index (χ2v) is 6.34. The summed E-state index contributed by atoms with van der Waals surface area (Å²) in [5.41, 5.74) is 2.59. The average molecular weight is 316 g/mol. The van der Waals surface area contributed by atoms with E-state index in [4.69, 9.17) is 4.74 Å². The van der Waals surface area contributed by atoms with Gasteiger partial charge in [-0.25, -0.2) is 0 Å². The highest BCUT2D eigenvalue weighted by atomic mass is 16.5. The first-order valence-electron chi connectivity index (χ1n) is 8.38. The Hall–Kier alpha value is -2.04. The molecule has 5 heteroatoms. The minimum Gasteiger partial charge on any atom is -0.497 e. The van der Waals surface area contributed by atoms with Gasteiger partial charge in [0.2, 0.25) is 11.8 Å². The standard InChI is InChI=1S/C18H24N2O3/c1-23-15-5-6-16-13(11-15)3-2-4-14(16)12-18(22)20-9-7-17(21)19-8-10-20/h5-6,11,14H,2-4,7-10,12H2,1H3,(H,19,21)/t14-/m0/s1. The molecule has 1 aliphatic heterocycles. The Morgan fingerprint density at radius 2 is 2.22 bits per heavy atom. The maximum absolute atomic E-state index is 12.6. The van der Waals surface area contributed by atoms with Crippen LogP contribution in [0.5, 0.6) is 5.75 Å². The molecule has 0 spiro atoms. The Balaban J connectivity index is 1.69. The molecule has 2 aliphatic rings. The van der Waals surface area contributed by atoms with Crippen LogP contribution in [-0.4, -0.2) is 43.5 Å². The van der Waals surface area contributed by atoms with Gasteiger partial charge in [0.25, 0.3) is 0 Å². The predicted octanol–water partition coefficient (Wildman–Crippen LogP) is 1.85. The molecule has 1 aliphatic carbocycles. The van der Waals surface area contributed by atoms with Crippen LogP contribution >= 0.6 is 0 Å². The highest BCUT2D eigenvalue weighted by Gasteiger charge is 2.26. The van der Waals surface area contributed by atoms with Gasteiger partial charge in [0.1, 0.15) is 5.75 Å². The minimum atomic E-state index is 0.0374. The molecule has 1 aromatic carbocycles. The van der Waals surface area contributed by atoms with Crippen LogP contribution in [0.15, 0.2) is 18.2 Å². The number of methoxy groups -OCH3 is 1. The Bertz CT molecular complexity index is 600. The number of nitrogens with one attached hydrogen (secondary N) is 1. The third-order valence-electron chi connectivity index (χ3n) is 4.88. The summed E-state index contributed by atoms with van der Waals surface area (Å²) >= 11 is 0. The lowest BCUT2D eigenvalue weighted by molar-refractivity contribution is -0.131. The molecule has 1 heterocycles. The van der Waals surface area contributed by atoms with Crippen molar-refractivity contribution in [2.24, 2.45) is 0 Å². The maximum Gasteiger partial charge on any atom is 0.223 e. The van der Waals surface area contributed by atoms with Crippen LogP contribution in [0.1, 0.15) is 42.7 Å². The topological polar surface area (TPSA) is 58.6 Å². The summed E-state index contributed by atoms with van der Waals surface area (Å²) < 4.78 is 5.30. The van der Waals surface area contributed by atoms with E-state index < -0.39 is 0 Å². The summed E-state index contributed by atoms with van der Waals surface area (Å²) in [5.74, 6) is 1.36. The lowest BCUT2D eigenvalue weighted by atomic mass is 9.80. The second-order valence-electron chi connectivity index (χ2n) is 6.34. The van der Waals surface area contributed by atoms with Gasteiger partial charge in [-0.3, -0.25) is 9.59 Å². The fourth-order valence-corrected chi connectivity index (χ4v) is 3.59. The van der Waals surface area contributed by atoms with Gasteiger partial charge in [-0.15, -0.1) is 0 Å². The third kappa shape index (κ3) is 3.66. The summed E-state index contributed by atoms with van der Waals surface area (Å²) in [6.45, 7) is 1.71. The Kier molecular flexibility index (Phi) is 4.84. The van der Waals surface area contributed by atoms with E-state index >= 15 is 0 Å². The molecule has 1 fully saturated rings. The molecular formula is C18H24N2O3. The SMILES string of the molecule is COc1ccc2c(c1)CCC[C@H]2CC(=O)N1CCNC(=O)CC1. The summed E-state index contributed by atoms with van der Waals surface area (Å²) in [7, 11) is 1.68. The zero-order chi connectivity index (χ0) is 16.2. The zero-order valence-corrected chi connectivity index (χ0v) is 13.6. The Morgan fingerprint density at radius 1 is 1.35 bits per heavy atom. The Labute approximate surface area is 137 Å². The first-order chi connectivity index (χ1) is 11.2. The Morgan fingerprint density at radius 3 is 3.04 bits per heavy atom. The molecule has 1 atom stereocenters. The molecular weight excluding hydrogens is 292 g/mol. The molecule has 5 nitrogen and oxygen atoms in total. The van der Waals surface area contributed by atoms with E-state index in [0.29, 0.717) is 32.5 Å². The summed E-state index contributed by atoms with van der Waals surface area (Å²) in [6.07, 6.45) is 4.16. The molecule has 1 aromatic rings. The first kappa shape index (κ1) is 15.8. The van der Waals surface area contributed by atoms with Crippen LogP contribution in [0, 0.1) is 0 Å². The largest absolute Gasteiger partial charge is 0.497 e. The molecule has 2 amide bonds. The third-order valence-corrected chi connectivity index (χ3v) is 4.88. The van der Waals surface area contributed by atoms with Gasteiger partial charge >= 0.3 is 0 Å². The first-order valence-corrected chi connectivity index (χ1v) is 8.38. The van der Waals surface area contributed by atoms with Gasteiger partial charge in [-0.05, 0) is 48.4 Å². The van der Waals surface area contributed by atoms with Crippen LogP contribution in [-0.2, 0) is 16.0 Å². The van der Waals surface area contributed by atoms with Crippen molar-refractivity contribution in [1.82, 2.24) is 10.2 Å². The molecule has 0 aromatic heterocycles. The van der Waals surface area contributed by atoms with Gasteiger partial charge in [0.05, 0.1) is 7.11 Å². The van der Waals surface area contributed by atoms with Crippen molar-refractivity contribution in [2.75, 3.05) is 26.7 Å². The fourth-order valence-electron chi connectivity index (χ4n) is 3.59. The molecule has 0 bridgehead atoms. The number of hydrogen-bond donors (Lipinski definition) is 1. The van der Waals surface area contributed by atoms with Crippen LogP contribution in [0.25, 0.3) is 0 Å². The summed E-state index contributed by atoms with van der Waals surface area (Å²) in [4.78, 5) is 25.9. The number of fused-ring (bicyclic) bond motifs is 1. The van der Waals surface area contributed by atoms with Crippen molar-refractivity contribution in [1.29, 1.82) is 0 Å². The molecule has 23 heavy (non-hydrogen) atoms. The van der Waals surface area contributed by atoms with Gasteiger partial charge in [-0.1, -0.05) is 6.07 Å². The number of carbonyl (C=O) groups excluding carboxylic acids is 2. The summed E-state index contributed by atoms with van der Waals surface area (Å²) in [6, 6.07) is 6.19. The molecule has 0 radical (unpaired) electrons. The van der Waals surface area contributed by atoms with Gasteiger partial charge < -0.3 is 15.0 Å². The van der Waals surface area contributed by atoms with Crippen LogP contribution in [0.4, 0.5) is 0 Å². The number of benzene rings is 1. The molecule has 124 valence electrons. The number of rotatable bonds is 3. The van der Waals surface area contributed by atoms with E-state index in [0.717, 1.165) is 25.0 Å². The van der Waals surface area contributed by atoms with E-state index in [-0.39, 0.29) is 17.7 Å². The lowest BCUT2D eigenvalue weighted by Gasteiger charge is -2.28. The van der Waals surface area contributed by atoms with Gasteiger partial charge in [0.15, 0.2) is 0 Å². The number of carbonyl (C=O) groups is 2. The average Bonchev–Trinajstić information content (AvgIpc) is 2.79. The van der Waals surface area contributed by atoms with Crippen molar-refractivity contribution in [3.05, 3.63) is 29.3 Å². The fraction of sp³-hybridized carbons (Fsp3) is 0.556. The van der Waals surface area contributed by atoms with E-state index in [1.54, 1.807) is 7.11 Å². The predicted molar refractivity (Wildman–Crippen MR) is 87.5 cm³/mol. The van der Waals surface area contributed by atoms with Crippen molar-refractivity contribution in [2.45, 2.75) is 38.0 Å². The second kappa shape index (κ2) is 7.02. The lowest BCUT2D eigenvalue weighted by Crippen LogP contribution is -2.35. The number of aryl methyl sites for hydroxylation is 1. The molecule has 3 rings (SSSR count). The van der Waals surface area contributed by atoms with Crippen molar-refractivity contribution < 1.29 is 14.3 Å². The minimum absolute atomic E-state index is 0.0374. The number of ether oxygens (including phenoxy) is 1. The summed E-state index contributed by atoms with van der Waals surface area (Å²) in [5, 5.41) is 2.81. The molecule has 1 N–H and O–H groups in total. The normalized spacial score (nSPS) is 21.2. The number of hydrogen-bond acceptors (Lipinski definition) is 3. The van der Waals surface area contributed by atoms with Crippen molar-refractivity contribution in [3.8, 4) is 5.75 Å². The highest BCUT2D eigenvalue weighted by Crippen LogP contribution is 2.36. The monoisotopic (exact) mass is 316 g/mol. The van der Waals surface area contributed by atoms with Crippen molar-refractivity contribution in [3.63, 3.8) is 0 Å². The van der Waals surface area contributed by atoms with E-state index in [2.05, 4.69) is 17.4 Å². The maximum atomic E-state index is 12.6.